The summed E-state index contributed by atoms with van der Waals surface area (Å²) in [7, 11) is 3.06. The molecule has 1 aromatic rings. The van der Waals surface area contributed by atoms with Crippen molar-refractivity contribution < 1.29 is 19.0 Å². The summed E-state index contributed by atoms with van der Waals surface area (Å²) >= 11 is 0. The molecule has 6 nitrogen and oxygen atoms in total. The fraction of sp³-hybridized carbons (Fsp3) is 0.533. The average Bonchev–Trinajstić information content (AvgIpc) is 2.43. The molecule has 0 bridgehead atoms. The highest BCUT2D eigenvalue weighted by Gasteiger charge is 2.21. The van der Waals surface area contributed by atoms with E-state index in [1.807, 2.05) is 26.0 Å². The Morgan fingerprint density at radius 2 is 1.76 bits per heavy atom. The number of benzene rings is 1. The van der Waals surface area contributed by atoms with Crippen molar-refractivity contribution in [2.75, 3.05) is 14.2 Å². The molecule has 4 N–H and O–H groups in total. The second kappa shape index (κ2) is 7.73. The molecule has 2 unspecified atom stereocenters. The Hall–Kier alpha value is -1.95. The van der Waals surface area contributed by atoms with E-state index in [1.54, 1.807) is 0 Å². The first-order valence-corrected chi connectivity index (χ1v) is 6.89. The highest BCUT2D eigenvalue weighted by molar-refractivity contribution is 5.79. The Balaban J connectivity index is 3.20. The molecule has 1 rings (SSSR count). The maximum Gasteiger partial charge on any atom is 0.258 e. The van der Waals surface area contributed by atoms with Crippen LogP contribution >= 0.6 is 0 Å². The topological polar surface area (TPSA) is 96.8 Å². The van der Waals surface area contributed by atoms with Gasteiger partial charge >= 0.3 is 0 Å². The Labute approximate surface area is 125 Å². The summed E-state index contributed by atoms with van der Waals surface area (Å²) in [5, 5.41) is 0. The van der Waals surface area contributed by atoms with Gasteiger partial charge in [0.15, 0.2) is 17.6 Å². The second-order valence-corrected chi connectivity index (χ2v) is 4.93. The van der Waals surface area contributed by atoms with Crippen molar-refractivity contribution in [3.63, 3.8) is 0 Å². The van der Waals surface area contributed by atoms with Gasteiger partial charge in [0.25, 0.3) is 5.91 Å². The standard InChI is InChI=1S/C15H24N2O4/c1-5-11(15(17)18)21-14-12(19-3)7-10(6-9(2)16)8-13(14)20-4/h7-9,11H,5-6,16H2,1-4H3,(H2,17,18). The van der Waals surface area contributed by atoms with Gasteiger partial charge < -0.3 is 25.7 Å². The molecule has 6 heteroatoms. The normalized spacial score (nSPS) is 13.4. The molecular weight excluding hydrogens is 272 g/mol. The van der Waals surface area contributed by atoms with E-state index in [4.69, 9.17) is 25.7 Å². The highest BCUT2D eigenvalue weighted by atomic mass is 16.5. The van der Waals surface area contributed by atoms with Gasteiger partial charge in [-0.05, 0) is 37.5 Å². The molecule has 0 fully saturated rings. The van der Waals surface area contributed by atoms with Crippen LogP contribution in [0.5, 0.6) is 17.2 Å². The molecule has 0 aromatic heterocycles. The fourth-order valence-corrected chi connectivity index (χ4v) is 2.02. The van der Waals surface area contributed by atoms with Gasteiger partial charge in [0.1, 0.15) is 0 Å². The lowest BCUT2D eigenvalue weighted by Gasteiger charge is -2.20. The number of nitrogens with two attached hydrogens (primary N) is 2. The number of amides is 1. The van der Waals surface area contributed by atoms with Crippen LogP contribution in [0.4, 0.5) is 0 Å². The summed E-state index contributed by atoms with van der Waals surface area (Å²) in [5.74, 6) is 0.828. The summed E-state index contributed by atoms with van der Waals surface area (Å²) in [4.78, 5) is 11.3. The van der Waals surface area contributed by atoms with E-state index in [0.717, 1.165) is 5.56 Å². The zero-order valence-corrected chi connectivity index (χ0v) is 13.0. The van der Waals surface area contributed by atoms with Crippen molar-refractivity contribution in [2.45, 2.75) is 38.8 Å². The number of hydrogen-bond donors (Lipinski definition) is 2. The molecule has 0 radical (unpaired) electrons. The van der Waals surface area contributed by atoms with Crippen LogP contribution in [0.25, 0.3) is 0 Å². The predicted molar refractivity (Wildman–Crippen MR) is 80.8 cm³/mol. The van der Waals surface area contributed by atoms with Crippen molar-refractivity contribution in [2.24, 2.45) is 11.5 Å². The van der Waals surface area contributed by atoms with E-state index >= 15 is 0 Å². The minimum atomic E-state index is -0.730. The Morgan fingerprint density at radius 1 is 1.24 bits per heavy atom. The van der Waals surface area contributed by atoms with Gasteiger partial charge in [0, 0.05) is 6.04 Å². The van der Waals surface area contributed by atoms with Gasteiger partial charge in [-0.25, -0.2) is 0 Å². The zero-order chi connectivity index (χ0) is 16.0. The van der Waals surface area contributed by atoms with E-state index in [-0.39, 0.29) is 6.04 Å². The molecule has 21 heavy (non-hydrogen) atoms. The molecule has 0 aliphatic carbocycles. The van der Waals surface area contributed by atoms with Gasteiger partial charge in [0.05, 0.1) is 14.2 Å². The number of primary amides is 1. The summed E-state index contributed by atoms with van der Waals surface area (Å²) in [6.07, 6.45) is 0.413. The number of ether oxygens (including phenoxy) is 3. The van der Waals surface area contributed by atoms with Gasteiger partial charge in [-0.1, -0.05) is 6.92 Å². The number of hydrogen-bond acceptors (Lipinski definition) is 5. The van der Waals surface area contributed by atoms with Crippen molar-refractivity contribution in [3.05, 3.63) is 17.7 Å². The van der Waals surface area contributed by atoms with Crippen LogP contribution in [0.1, 0.15) is 25.8 Å². The molecule has 0 spiro atoms. The van der Waals surface area contributed by atoms with E-state index in [2.05, 4.69) is 0 Å². The third kappa shape index (κ3) is 4.53. The molecule has 118 valence electrons. The maximum absolute atomic E-state index is 11.3. The Bertz CT molecular complexity index is 464. The molecule has 0 aliphatic heterocycles. The number of carbonyl (C=O) groups excluding carboxylic acids is 1. The predicted octanol–water partition coefficient (Wildman–Crippen LogP) is 1.24. The highest BCUT2D eigenvalue weighted by Crippen LogP contribution is 2.39. The third-order valence-electron chi connectivity index (χ3n) is 3.03. The van der Waals surface area contributed by atoms with E-state index in [9.17, 15) is 4.79 Å². The van der Waals surface area contributed by atoms with Crippen LogP contribution < -0.4 is 25.7 Å². The number of rotatable bonds is 8. The van der Waals surface area contributed by atoms with Gasteiger partial charge in [-0.3, -0.25) is 4.79 Å². The third-order valence-corrected chi connectivity index (χ3v) is 3.03. The lowest BCUT2D eigenvalue weighted by atomic mass is 10.1. The molecule has 0 saturated carbocycles. The van der Waals surface area contributed by atoms with Crippen LogP contribution in [0.3, 0.4) is 0 Å². The number of methoxy groups -OCH3 is 2. The minimum absolute atomic E-state index is 0.0141. The minimum Gasteiger partial charge on any atom is -0.493 e. The van der Waals surface area contributed by atoms with Crippen molar-refractivity contribution in [3.8, 4) is 17.2 Å². The molecule has 0 aliphatic rings. The van der Waals surface area contributed by atoms with Gasteiger partial charge in [-0.2, -0.15) is 0 Å². The number of carbonyl (C=O) groups is 1. The van der Waals surface area contributed by atoms with Crippen LogP contribution in [-0.4, -0.2) is 32.3 Å². The Morgan fingerprint density at radius 3 is 2.10 bits per heavy atom. The van der Waals surface area contributed by atoms with E-state index in [1.165, 1.54) is 14.2 Å². The zero-order valence-electron chi connectivity index (χ0n) is 13.0. The first-order chi connectivity index (χ1) is 9.92. The smallest absolute Gasteiger partial charge is 0.258 e. The lowest BCUT2D eigenvalue weighted by Crippen LogP contribution is -2.33. The molecule has 1 amide bonds. The van der Waals surface area contributed by atoms with Crippen LogP contribution in [0.15, 0.2) is 12.1 Å². The Kier molecular flexibility index (Phi) is 6.30. The van der Waals surface area contributed by atoms with E-state index < -0.39 is 12.0 Å². The first-order valence-electron chi connectivity index (χ1n) is 6.89. The quantitative estimate of drug-likeness (QED) is 0.752. The first kappa shape index (κ1) is 17.1. The molecular formula is C15H24N2O4. The van der Waals surface area contributed by atoms with Gasteiger partial charge in [-0.15, -0.1) is 0 Å². The average molecular weight is 296 g/mol. The summed E-state index contributed by atoms with van der Waals surface area (Å²) in [5.41, 5.74) is 12.1. The molecule has 0 saturated heterocycles. The molecule has 2 atom stereocenters. The maximum atomic E-state index is 11.3. The largest absolute Gasteiger partial charge is 0.493 e. The molecule has 1 aromatic carbocycles. The second-order valence-electron chi connectivity index (χ2n) is 4.93. The van der Waals surface area contributed by atoms with Crippen molar-refractivity contribution in [1.82, 2.24) is 0 Å². The summed E-state index contributed by atoms with van der Waals surface area (Å²) in [6.45, 7) is 3.74. The van der Waals surface area contributed by atoms with Crippen molar-refractivity contribution >= 4 is 5.91 Å². The monoisotopic (exact) mass is 296 g/mol. The van der Waals surface area contributed by atoms with Crippen LogP contribution in [0, 0.1) is 0 Å². The SMILES string of the molecule is CCC(Oc1c(OC)cc(CC(C)N)cc1OC)C(N)=O. The fourth-order valence-electron chi connectivity index (χ4n) is 2.02. The van der Waals surface area contributed by atoms with Crippen molar-refractivity contribution in [1.29, 1.82) is 0 Å². The summed E-state index contributed by atoms with van der Waals surface area (Å²) < 4.78 is 16.3. The van der Waals surface area contributed by atoms with Gasteiger partial charge in [0.2, 0.25) is 5.75 Å². The van der Waals surface area contributed by atoms with E-state index in [0.29, 0.717) is 30.1 Å². The molecule has 0 heterocycles. The van der Waals surface area contributed by atoms with Crippen LogP contribution in [-0.2, 0) is 11.2 Å². The van der Waals surface area contributed by atoms with Crippen LogP contribution in [0.2, 0.25) is 0 Å². The lowest BCUT2D eigenvalue weighted by molar-refractivity contribution is -0.124. The summed E-state index contributed by atoms with van der Waals surface area (Å²) in [6, 6.07) is 3.67.